The maximum absolute atomic E-state index is 12.7. The molecule has 2 aromatic rings. The van der Waals surface area contributed by atoms with E-state index in [9.17, 15) is 13.2 Å². The highest BCUT2D eigenvalue weighted by Crippen LogP contribution is 2.37. The molecule has 0 aromatic heterocycles. The Hall–Kier alpha value is -3.00. The van der Waals surface area contributed by atoms with Gasteiger partial charge in [-0.2, -0.15) is 8.42 Å². The van der Waals surface area contributed by atoms with Gasteiger partial charge in [-0.05, 0) is 24.6 Å². The van der Waals surface area contributed by atoms with Crippen molar-refractivity contribution in [3.05, 3.63) is 76.9 Å². The highest BCUT2D eigenvalue weighted by atomic mass is 32.2. The Bertz CT molecular complexity index is 998. The second kappa shape index (κ2) is 7.32. The number of benzene rings is 2. The summed E-state index contributed by atoms with van der Waals surface area (Å²) in [7, 11) is -2.62. The molecule has 1 aliphatic rings. The SMILES string of the molecule is COc1ccc(C)cc1C1OC(N)=C(OS(=O)(=O)Cc2ccccc2)C1=O. The highest BCUT2D eigenvalue weighted by molar-refractivity contribution is 7.86. The lowest BCUT2D eigenvalue weighted by Gasteiger charge is -2.14. The van der Waals surface area contributed by atoms with Crippen LogP contribution in [0.4, 0.5) is 0 Å². The summed E-state index contributed by atoms with van der Waals surface area (Å²) in [6.07, 6.45) is -1.12. The van der Waals surface area contributed by atoms with Crippen LogP contribution in [0.5, 0.6) is 5.75 Å². The Morgan fingerprint density at radius 2 is 1.85 bits per heavy atom. The molecule has 1 atom stereocenters. The Labute approximate surface area is 157 Å². The van der Waals surface area contributed by atoms with Crippen LogP contribution in [-0.2, 0) is 29.6 Å². The number of rotatable bonds is 6. The second-order valence-electron chi connectivity index (χ2n) is 6.07. The molecule has 27 heavy (non-hydrogen) atoms. The lowest BCUT2D eigenvalue weighted by molar-refractivity contribution is -0.123. The predicted molar refractivity (Wildman–Crippen MR) is 97.9 cm³/mol. The molecule has 0 spiro atoms. The zero-order chi connectivity index (χ0) is 19.6. The van der Waals surface area contributed by atoms with Gasteiger partial charge in [0, 0.05) is 5.56 Å². The number of hydrogen-bond acceptors (Lipinski definition) is 7. The van der Waals surface area contributed by atoms with Gasteiger partial charge >= 0.3 is 10.1 Å². The molecule has 2 N–H and O–H groups in total. The van der Waals surface area contributed by atoms with Crippen LogP contribution in [0.3, 0.4) is 0 Å². The molecule has 0 bridgehead atoms. The van der Waals surface area contributed by atoms with Gasteiger partial charge in [0.15, 0.2) is 6.10 Å². The van der Waals surface area contributed by atoms with Crippen molar-refractivity contribution in [3.63, 3.8) is 0 Å². The van der Waals surface area contributed by atoms with Crippen molar-refractivity contribution in [2.24, 2.45) is 5.73 Å². The van der Waals surface area contributed by atoms with Crippen LogP contribution in [0, 0.1) is 6.92 Å². The number of hydrogen-bond donors (Lipinski definition) is 1. The van der Waals surface area contributed by atoms with Crippen molar-refractivity contribution in [3.8, 4) is 5.75 Å². The molecular weight excluding hydrogens is 370 g/mol. The van der Waals surface area contributed by atoms with Crippen LogP contribution in [0.2, 0.25) is 0 Å². The molecule has 0 aliphatic carbocycles. The number of carbonyl (C=O) groups is 1. The van der Waals surface area contributed by atoms with Crippen molar-refractivity contribution in [1.82, 2.24) is 0 Å². The Balaban J connectivity index is 1.83. The van der Waals surface area contributed by atoms with E-state index in [1.165, 1.54) is 7.11 Å². The van der Waals surface area contributed by atoms with Gasteiger partial charge in [-0.15, -0.1) is 0 Å². The molecule has 0 saturated carbocycles. The molecule has 1 aliphatic heterocycles. The Morgan fingerprint density at radius 3 is 2.52 bits per heavy atom. The summed E-state index contributed by atoms with van der Waals surface area (Å²) in [6.45, 7) is 1.85. The van der Waals surface area contributed by atoms with E-state index >= 15 is 0 Å². The van der Waals surface area contributed by atoms with Crippen LogP contribution < -0.4 is 10.5 Å². The summed E-state index contributed by atoms with van der Waals surface area (Å²) in [4.78, 5) is 12.7. The largest absolute Gasteiger partial charge is 0.496 e. The zero-order valence-electron chi connectivity index (χ0n) is 14.8. The Morgan fingerprint density at radius 1 is 1.15 bits per heavy atom. The van der Waals surface area contributed by atoms with E-state index in [0.717, 1.165) is 5.56 Å². The summed E-state index contributed by atoms with van der Waals surface area (Å²) in [5.74, 6) is -1.52. The first kappa shape index (κ1) is 18.8. The first-order valence-electron chi connectivity index (χ1n) is 8.12. The van der Waals surface area contributed by atoms with E-state index < -0.39 is 33.5 Å². The molecule has 0 saturated heterocycles. The lowest BCUT2D eigenvalue weighted by atomic mass is 10.0. The first-order valence-corrected chi connectivity index (χ1v) is 9.69. The third-order valence-electron chi connectivity index (χ3n) is 3.99. The van der Waals surface area contributed by atoms with E-state index in [1.54, 1.807) is 42.5 Å². The standard InChI is InChI=1S/C19H19NO6S/c1-12-8-9-15(24-2)14(10-12)17-16(21)18(19(20)25-17)26-27(22,23)11-13-6-4-3-5-7-13/h3-10,17H,11,20H2,1-2H3. The normalized spacial score (nSPS) is 17.0. The van der Waals surface area contributed by atoms with Gasteiger partial charge in [0.05, 0.1) is 7.11 Å². The fourth-order valence-electron chi connectivity index (χ4n) is 2.75. The van der Waals surface area contributed by atoms with Crippen LogP contribution >= 0.6 is 0 Å². The second-order valence-corrected chi connectivity index (χ2v) is 7.64. The van der Waals surface area contributed by atoms with Gasteiger partial charge in [-0.3, -0.25) is 4.79 Å². The monoisotopic (exact) mass is 389 g/mol. The van der Waals surface area contributed by atoms with E-state index in [0.29, 0.717) is 16.9 Å². The number of ether oxygens (including phenoxy) is 2. The van der Waals surface area contributed by atoms with Gasteiger partial charge in [0.25, 0.3) is 0 Å². The van der Waals surface area contributed by atoms with Gasteiger partial charge in [0.2, 0.25) is 17.4 Å². The quantitative estimate of drug-likeness (QED) is 0.756. The topological polar surface area (TPSA) is 105 Å². The number of aryl methyl sites for hydroxylation is 1. The number of nitrogens with two attached hydrogens (primary N) is 1. The Kier molecular flexibility index (Phi) is 5.09. The minimum atomic E-state index is -4.08. The van der Waals surface area contributed by atoms with Gasteiger partial charge in [-0.1, -0.05) is 42.0 Å². The van der Waals surface area contributed by atoms with Crippen molar-refractivity contribution in [2.45, 2.75) is 18.8 Å². The molecule has 1 heterocycles. The summed E-state index contributed by atoms with van der Waals surface area (Å²) >= 11 is 0. The molecule has 142 valence electrons. The summed E-state index contributed by atoms with van der Waals surface area (Å²) in [5, 5.41) is 0. The summed E-state index contributed by atoms with van der Waals surface area (Å²) in [6, 6.07) is 13.7. The third-order valence-corrected chi connectivity index (χ3v) is 5.10. The molecule has 7 nitrogen and oxygen atoms in total. The van der Waals surface area contributed by atoms with E-state index in [1.807, 2.05) is 13.0 Å². The maximum Gasteiger partial charge on any atom is 0.313 e. The van der Waals surface area contributed by atoms with Gasteiger partial charge < -0.3 is 19.4 Å². The number of ketones is 1. The minimum absolute atomic E-state index is 0.370. The van der Waals surface area contributed by atoms with Gasteiger partial charge in [0.1, 0.15) is 11.5 Å². The number of carbonyl (C=O) groups excluding carboxylic acids is 1. The predicted octanol–water partition coefficient (Wildman–Crippen LogP) is 2.32. The number of methoxy groups -OCH3 is 1. The minimum Gasteiger partial charge on any atom is -0.496 e. The summed E-state index contributed by atoms with van der Waals surface area (Å²) in [5.41, 5.74) is 7.59. The van der Waals surface area contributed by atoms with Crippen molar-refractivity contribution < 1.29 is 26.9 Å². The van der Waals surface area contributed by atoms with Crippen molar-refractivity contribution in [1.29, 1.82) is 0 Å². The molecule has 2 aromatic carbocycles. The lowest BCUT2D eigenvalue weighted by Crippen LogP contribution is -2.16. The maximum atomic E-state index is 12.7. The molecule has 1 unspecified atom stereocenters. The first-order chi connectivity index (χ1) is 12.8. The smallest absolute Gasteiger partial charge is 0.313 e. The van der Waals surface area contributed by atoms with Crippen molar-refractivity contribution >= 4 is 15.9 Å². The highest BCUT2D eigenvalue weighted by Gasteiger charge is 2.40. The molecule has 8 heteroatoms. The van der Waals surface area contributed by atoms with Crippen molar-refractivity contribution in [2.75, 3.05) is 7.11 Å². The molecule has 0 amide bonds. The van der Waals surface area contributed by atoms with Crippen LogP contribution in [0.25, 0.3) is 0 Å². The van der Waals surface area contributed by atoms with E-state index in [2.05, 4.69) is 0 Å². The van der Waals surface area contributed by atoms with Crippen LogP contribution in [0.1, 0.15) is 22.8 Å². The van der Waals surface area contributed by atoms with E-state index in [-0.39, 0.29) is 5.88 Å². The fourth-order valence-corrected chi connectivity index (χ4v) is 3.83. The van der Waals surface area contributed by atoms with Crippen LogP contribution in [-0.4, -0.2) is 21.3 Å². The summed E-state index contributed by atoms with van der Waals surface area (Å²) < 4.78 is 40.3. The van der Waals surface area contributed by atoms with Crippen LogP contribution in [0.15, 0.2) is 60.2 Å². The van der Waals surface area contributed by atoms with Gasteiger partial charge in [-0.25, -0.2) is 0 Å². The molecule has 0 fully saturated rings. The molecule has 3 rings (SSSR count). The average molecular weight is 389 g/mol. The molecular formula is C19H19NO6S. The number of Topliss-reactive ketones (excluding diaryl/α,β-unsaturated/α-hetero) is 1. The zero-order valence-corrected chi connectivity index (χ0v) is 15.7. The fraction of sp³-hybridized carbons (Fsp3) is 0.211. The average Bonchev–Trinajstić information content (AvgIpc) is 2.90. The molecule has 0 radical (unpaired) electrons. The third kappa shape index (κ3) is 4.06. The van der Waals surface area contributed by atoms with E-state index in [4.69, 9.17) is 19.4 Å².